The van der Waals surface area contributed by atoms with Crippen molar-refractivity contribution in [3.05, 3.63) is 0 Å². The Morgan fingerprint density at radius 3 is 1.96 bits per heavy atom. The van der Waals surface area contributed by atoms with Crippen LogP contribution in [0.5, 0.6) is 0 Å². The molecule has 1 unspecified atom stereocenters. The molecular formula is C19H34O4. The largest absolute Gasteiger partial charge is 0.462 e. The summed E-state index contributed by atoms with van der Waals surface area (Å²) in [4.78, 5) is 23.6. The van der Waals surface area contributed by atoms with Gasteiger partial charge in [-0.15, -0.1) is 0 Å². The first-order valence-electron chi connectivity index (χ1n) is 8.98. The molecule has 0 aromatic carbocycles. The van der Waals surface area contributed by atoms with Gasteiger partial charge in [-0.1, -0.05) is 34.6 Å². The van der Waals surface area contributed by atoms with Gasteiger partial charge in [-0.25, -0.2) is 0 Å². The lowest BCUT2D eigenvalue weighted by Gasteiger charge is -2.36. The standard InChI is InChI=1S/C19H34O4/c1-13(2)14(3)22-17(20)11-12-18(21)23-16-9-7-15(8-10-16)19(4,5)6/h13-16H,7-12H2,1-6H3. The van der Waals surface area contributed by atoms with Crippen molar-refractivity contribution in [1.82, 2.24) is 0 Å². The van der Waals surface area contributed by atoms with E-state index in [0.717, 1.165) is 25.7 Å². The van der Waals surface area contributed by atoms with Crippen molar-refractivity contribution in [3.63, 3.8) is 0 Å². The van der Waals surface area contributed by atoms with Gasteiger partial charge in [-0.3, -0.25) is 9.59 Å². The van der Waals surface area contributed by atoms with Crippen LogP contribution in [0.3, 0.4) is 0 Å². The van der Waals surface area contributed by atoms with E-state index in [4.69, 9.17) is 9.47 Å². The van der Waals surface area contributed by atoms with Gasteiger partial charge in [0.05, 0.1) is 12.8 Å². The van der Waals surface area contributed by atoms with Crippen LogP contribution in [0.2, 0.25) is 0 Å². The molecule has 0 radical (unpaired) electrons. The van der Waals surface area contributed by atoms with Crippen molar-refractivity contribution >= 4 is 11.9 Å². The van der Waals surface area contributed by atoms with Crippen molar-refractivity contribution in [3.8, 4) is 0 Å². The highest BCUT2D eigenvalue weighted by Gasteiger charge is 2.31. The number of carbonyl (C=O) groups excluding carboxylic acids is 2. The van der Waals surface area contributed by atoms with E-state index in [9.17, 15) is 9.59 Å². The summed E-state index contributed by atoms with van der Waals surface area (Å²) in [6, 6.07) is 0. The van der Waals surface area contributed by atoms with Crippen LogP contribution >= 0.6 is 0 Å². The second kappa shape index (κ2) is 8.70. The molecule has 0 spiro atoms. The molecule has 0 aromatic heterocycles. The van der Waals surface area contributed by atoms with E-state index >= 15 is 0 Å². The molecule has 4 heteroatoms. The van der Waals surface area contributed by atoms with Crippen LogP contribution in [-0.2, 0) is 19.1 Å². The maximum Gasteiger partial charge on any atom is 0.306 e. The molecule has 1 saturated carbocycles. The number of rotatable bonds is 6. The topological polar surface area (TPSA) is 52.6 Å². The highest BCUT2D eigenvalue weighted by Crippen LogP contribution is 2.38. The van der Waals surface area contributed by atoms with E-state index in [0.29, 0.717) is 11.3 Å². The number of esters is 2. The predicted molar refractivity (Wildman–Crippen MR) is 90.9 cm³/mol. The molecule has 134 valence electrons. The maximum atomic E-state index is 11.9. The van der Waals surface area contributed by atoms with Crippen LogP contribution in [0.4, 0.5) is 0 Å². The lowest BCUT2D eigenvalue weighted by Crippen LogP contribution is -2.30. The quantitative estimate of drug-likeness (QED) is 0.674. The summed E-state index contributed by atoms with van der Waals surface area (Å²) in [5.41, 5.74) is 0.325. The first-order chi connectivity index (χ1) is 10.6. The second-order valence-electron chi connectivity index (χ2n) is 8.27. The molecular weight excluding hydrogens is 292 g/mol. The number of hydrogen-bond acceptors (Lipinski definition) is 4. The van der Waals surface area contributed by atoms with Crippen molar-refractivity contribution in [2.75, 3.05) is 0 Å². The minimum atomic E-state index is -0.320. The fourth-order valence-electron chi connectivity index (χ4n) is 2.90. The molecule has 1 aliphatic carbocycles. The summed E-state index contributed by atoms with van der Waals surface area (Å²) in [6.45, 7) is 12.7. The van der Waals surface area contributed by atoms with Crippen molar-refractivity contribution in [2.45, 2.75) is 92.3 Å². The van der Waals surface area contributed by atoms with E-state index in [1.165, 1.54) is 0 Å². The summed E-state index contributed by atoms with van der Waals surface area (Å²) in [5.74, 6) is 0.381. The molecule has 0 bridgehead atoms. The average molecular weight is 326 g/mol. The predicted octanol–water partition coefficient (Wildman–Crippen LogP) is 4.50. The first-order valence-corrected chi connectivity index (χ1v) is 8.98. The Morgan fingerprint density at radius 1 is 0.957 bits per heavy atom. The summed E-state index contributed by atoms with van der Waals surface area (Å²) in [7, 11) is 0. The summed E-state index contributed by atoms with van der Waals surface area (Å²) >= 11 is 0. The molecule has 1 rings (SSSR count). The van der Waals surface area contributed by atoms with Crippen LogP contribution < -0.4 is 0 Å². The highest BCUT2D eigenvalue weighted by molar-refractivity contribution is 5.77. The van der Waals surface area contributed by atoms with Crippen LogP contribution in [0, 0.1) is 17.3 Å². The van der Waals surface area contributed by atoms with Gasteiger partial charge < -0.3 is 9.47 Å². The smallest absolute Gasteiger partial charge is 0.306 e. The summed E-state index contributed by atoms with van der Waals surface area (Å²) in [6.07, 6.45) is 4.20. The molecule has 4 nitrogen and oxygen atoms in total. The Bertz CT molecular complexity index is 387. The first kappa shape index (κ1) is 20.0. The van der Waals surface area contributed by atoms with E-state index < -0.39 is 0 Å². The van der Waals surface area contributed by atoms with E-state index in [1.54, 1.807) is 0 Å². The Kier molecular flexibility index (Phi) is 7.56. The Balaban J connectivity index is 2.24. The average Bonchev–Trinajstić information content (AvgIpc) is 2.44. The second-order valence-corrected chi connectivity index (χ2v) is 8.27. The third-order valence-corrected chi connectivity index (χ3v) is 4.99. The molecule has 0 heterocycles. The fourth-order valence-corrected chi connectivity index (χ4v) is 2.90. The van der Waals surface area contributed by atoms with Gasteiger partial charge in [0.15, 0.2) is 0 Å². The fraction of sp³-hybridized carbons (Fsp3) is 0.895. The van der Waals surface area contributed by atoms with Gasteiger partial charge >= 0.3 is 11.9 Å². The molecule has 1 aliphatic rings. The van der Waals surface area contributed by atoms with E-state index in [1.807, 2.05) is 20.8 Å². The van der Waals surface area contributed by atoms with E-state index in [2.05, 4.69) is 20.8 Å². The van der Waals surface area contributed by atoms with E-state index in [-0.39, 0.29) is 42.9 Å². The van der Waals surface area contributed by atoms with Crippen molar-refractivity contribution in [1.29, 1.82) is 0 Å². The zero-order valence-electron chi connectivity index (χ0n) is 15.7. The third kappa shape index (κ3) is 7.36. The molecule has 23 heavy (non-hydrogen) atoms. The zero-order chi connectivity index (χ0) is 17.6. The lowest BCUT2D eigenvalue weighted by atomic mass is 9.72. The van der Waals surface area contributed by atoms with Gasteiger partial charge in [0, 0.05) is 0 Å². The van der Waals surface area contributed by atoms with Gasteiger partial charge in [0.1, 0.15) is 12.2 Å². The monoisotopic (exact) mass is 326 g/mol. The zero-order valence-corrected chi connectivity index (χ0v) is 15.7. The molecule has 0 saturated heterocycles. The molecule has 0 N–H and O–H groups in total. The van der Waals surface area contributed by atoms with Crippen molar-refractivity contribution in [2.24, 2.45) is 17.3 Å². The Morgan fingerprint density at radius 2 is 1.48 bits per heavy atom. The third-order valence-electron chi connectivity index (χ3n) is 4.99. The number of hydrogen-bond donors (Lipinski definition) is 0. The number of ether oxygens (including phenoxy) is 2. The van der Waals surface area contributed by atoms with Gasteiger partial charge in [0.2, 0.25) is 0 Å². The van der Waals surface area contributed by atoms with Gasteiger partial charge in [-0.2, -0.15) is 0 Å². The van der Waals surface area contributed by atoms with Crippen LogP contribution in [0.15, 0.2) is 0 Å². The summed E-state index contributed by atoms with van der Waals surface area (Å²) < 4.78 is 10.8. The Labute approximate surface area is 141 Å². The minimum absolute atomic E-state index is 0.0201. The number of carbonyl (C=O) groups is 2. The van der Waals surface area contributed by atoms with Gasteiger partial charge in [-0.05, 0) is 49.9 Å². The normalized spacial score (nSPS) is 23.4. The Hall–Kier alpha value is -1.06. The molecule has 1 atom stereocenters. The molecule has 0 aliphatic heterocycles. The SMILES string of the molecule is CC(C)C(C)OC(=O)CCC(=O)OC1CCC(C(C)(C)C)CC1. The lowest BCUT2D eigenvalue weighted by molar-refractivity contribution is -0.157. The molecule has 1 fully saturated rings. The molecule has 0 amide bonds. The van der Waals surface area contributed by atoms with Crippen LogP contribution in [0.25, 0.3) is 0 Å². The van der Waals surface area contributed by atoms with Gasteiger partial charge in [0.25, 0.3) is 0 Å². The summed E-state index contributed by atoms with van der Waals surface area (Å²) in [5, 5.41) is 0. The van der Waals surface area contributed by atoms with Crippen LogP contribution in [0.1, 0.15) is 80.1 Å². The van der Waals surface area contributed by atoms with Crippen LogP contribution in [-0.4, -0.2) is 24.1 Å². The maximum absolute atomic E-state index is 11.9. The van der Waals surface area contributed by atoms with Crippen molar-refractivity contribution < 1.29 is 19.1 Å². The molecule has 0 aromatic rings. The highest BCUT2D eigenvalue weighted by atomic mass is 16.5. The minimum Gasteiger partial charge on any atom is -0.462 e.